The van der Waals surface area contributed by atoms with Crippen molar-refractivity contribution in [3.63, 3.8) is 0 Å². The maximum atomic E-state index is 12.9. The molecule has 0 radical (unpaired) electrons. The molecule has 3 rings (SSSR count). The van der Waals surface area contributed by atoms with Crippen molar-refractivity contribution in [2.24, 2.45) is 0 Å². The summed E-state index contributed by atoms with van der Waals surface area (Å²) in [6, 6.07) is 3.80. The highest BCUT2D eigenvalue weighted by molar-refractivity contribution is 7.89. The molecule has 10 nitrogen and oxygen atoms in total. The number of hydrogen-bond acceptors (Lipinski definition) is 8. The molecule has 1 atom stereocenters. The van der Waals surface area contributed by atoms with Crippen LogP contribution >= 0.6 is 0 Å². The van der Waals surface area contributed by atoms with Crippen LogP contribution in [0.2, 0.25) is 0 Å². The van der Waals surface area contributed by atoms with E-state index in [1.54, 1.807) is 6.92 Å². The zero-order valence-electron chi connectivity index (χ0n) is 14.7. The first-order chi connectivity index (χ1) is 12.8. The minimum Gasteiger partial charge on any atom is -0.477 e. The second-order valence-electron chi connectivity index (χ2n) is 5.97. The van der Waals surface area contributed by atoms with Gasteiger partial charge in [0, 0.05) is 31.1 Å². The highest BCUT2D eigenvalue weighted by Crippen LogP contribution is 2.29. The highest BCUT2D eigenvalue weighted by Gasteiger charge is 2.35. The second kappa shape index (κ2) is 7.45. The van der Waals surface area contributed by atoms with Crippen molar-refractivity contribution in [1.29, 1.82) is 0 Å². The third-order valence-corrected chi connectivity index (χ3v) is 6.22. The average Bonchev–Trinajstić information content (AvgIpc) is 3.11. The molecule has 2 heterocycles. The number of sulfonamides is 1. The standard InChI is InChI=1S/C16H18N4O6S/c1-11-3-4-12(20(21)22)9-14(11)27(23,24)19-8-5-13(10-19)26-16-15(25-2)17-6-7-18-16/h3-4,6-7,9,13H,5,8,10H2,1-2H3. The molecule has 1 aromatic heterocycles. The maximum Gasteiger partial charge on any atom is 0.278 e. The fraction of sp³-hybridized carbons (Fsp3) is 0.375. The van der Waals surface area contributed by atoms with Crippen LogP contribution in [0.4, 0.5) is 5.69 Å². The van der Waals surface area contributed by atoms with Crippen LogP contribution in [0, 0.1) is 17.0 Å². The Balaban J connectivity index is 1.80. The molecule has 1 fully saturated rings. The Morgan fingerprint density at radius 2 is 1.96 bits per heavy atom. The van der Waals surface area contributed by atoms with Crippen molar-refractivity contribution in [3.8, 4) is 11.8 Å². The lowest BCUT2D eigenvalue weighted by Gasteiger charge is -2.18. The number of benzene rings is 1. The predicted molar refractivity (Wildman–Crippen MR) is 94.2 cm³/mol. The van der Waals surface area contributed by atoms with Crippen molar-refractivity contribution in [1.82, 2.24) is 14.3 Å². The molecule has 0 bridgehead atoms. The van der Waals surface area contributed by atoms with Crippen LogP contribution in [0.25, 0.3) is 0 Å². The summed E-state index contributed by atoms with van der Waals surface area (Å²) >= 11 is 0. The first-order valence-electron chi connectivity index (χ1n) is 8.09. The molecule has 1 aliphatic rings. The third kappa shape index (κ3) is 3.83. The van der Waals surface area contributed by atoms with Crippen molar-refractivity contribution >= 4 is 15.7 Å². The summed E-state index contributed by atoms with van der Waals surface area (Å²) < 4.78 is 38.0. The van der Waals surface area contributed by atoms with Gasteiger partial charge in [0.15, 0.2) is 0 Å². The number of non-ortho nitro benzene ring substituents is 1. The largest absolute Gasteiger partial charge is 0.477 e. The van der Waals surface area contributed by atoms with Gasteiger partial charge in [-0.3, -0.25) is 10.1 Å². The number of nitro benzene ring substituents is 1. The van der Waals surface area contributed by atoms with E-state index in [0.717, 1.165) is 6.07 Å². The van der Waals surface area contributed by atoms with Crippen LogP contribution in [0.15, 0.2) is 35.5 Å². The van der Waals surface area contributed by atoms with Crippen molar-refractivity contribution in [2.75, 3.05) is 20.2 Å². The third-order valence-electron chi connectivity index (χ3n) is 4.21. The number of methoxy groups -OCH3 is 1. The lowest BCUT2D eigenvalue weighted by molar-refractivity contribution is -0.385. The quantitative estimate of drug-likeness (QED) is 0.534. The van der Waals surface area contributed by atoms with E-state index in [1.807, 2.05) is 0 Å². The molecule has 2 aromatic rings. The number of hydrogen-bond donors (Lipinski definition) is 0. The van der Waals surface area contributed by atoms with Gasteiger partial charge >= 0.3 is 0 Å². The van der Waals surface area contributed by atoms with Gasteiger partial charge in [0.2, 0.25) is 10.0 Å². The van der Waals surface area contributed by atoms with Gasteiger partial charge in [-0.2, -0.15) is 4.31 Å². The molecule has 144 valence electrons. The van der Waals surface area contributed by atoms with E-state index in [0.29, 0.717) is 12.0 Å². The Hall–Kier alpha value is -2.79. The van der Waals surface area contributed by atoms with Crippen LogP contribution in [-0.2, 0) is 10.0 Å². The van der Waals surface area contributed by atoms with Gasteiger partial charge < -0.3 is 9.47 Å². The maximum absolute atomic E-state index is 12.9. The van der Waals surface area contributed by atoms with Crippen molar-refractivity contribution in [2.45, 2.75) is 24.3 Å². The smallest absolute Gasteiger partial charge is 0.278 e. The van der Waals surface area contributed by atoms with E-state index >= 15 is 0 Å². The fourth-order valence-corrected chi connectivity index (χ4v) is 4.55. The molecule has 27 heavy (non-hydrogen) atoms. The molecule has 0 N–H and O–H groups in total. The van der Waals surface area contributed by atoms with Crippen LogP contribution in [0.5, 0.6) is 11.8 Å². The summed E-state index contributed by atoms with van der Waals surface area (Å²) in [6.07, 6.45) is 2.94. The number of aryl methyl sites for hydroxylation is 1. The first-order valence-corrected chi connectivity index (χ1v) is 9.53. The molecule has 1 aromatic carbocycles. The van der Waals surface area contributed by atoms with Crippen molar-refractivity contribution < 1.29 is 22.8 Å². The Morgan fingerprint density at radius 1 is 1.26 bits per heavy atom. The minimum atomic E-state index is -3.88. The Morgan fingerprint density at radius 3 is 2.63 bits per heavy atom. The Kier molecular flexibility index (Phi) is 5.24. The molecule has 1 unspecified atom stereocenters. The average molecular weight is 394 g/mol. The zero-order chi connectivity index (χ0) is 19.6. The monoisotopic (exact) mass is 394 g/mol. The normalized spacial score (nSPS) is 17.6. The molecular weight excluding hydrogens is 376 g/mol. The summed E-state index contributed by atoms with van der Waals surface area (Å²) in [4.78, 5) is 18.3. The summed E-state index contributed by atoms with van der Waals surface area (Å²) in [5.74, 6) is 0.407. The topological polar surface area (TPSA) is 125 Å². The van der Waals surface area contributed by atoms with Crippen molar-refractivity contribution in [3.05, 3.63) is 46.3 Å². The molecular formula is C16H18N4O6S. The predicted octanol–water partition coefficient (Wildman–Crippen LogP) is 1.54. The Labute approximate surface area is 156 Å². The van der Waals surface area contributed by atoms with Gasteiger partial charge in [-0.05, 0) is 18.9 Å². The molecule has 1 aliphatic heterocycles. The van der Waals surface area contributed by atoms with Crippen LogP contribution < -0.4 is 9.47 Å². The lowest BCUT2D eigenvalue weighted by Crippen LogP contribution is -2.31. The van der Waals surface area contributed by atoms with E-state index in [4.69, 9.17) is 9.47 Å². The van der Waals surface area contributed by atoms with Crippen LogP contribution in [0.1, 0.15) is 12.0 Å². The molecule has 0 spiro atoms. The number of aromatic nitrogens is 2. The van der Waals surface area contributed by atoms with Gasteiger partial charge in [-0.1, -0.05) is 6.07 Å². The number of ether oxygens (including phenoxy) is 2. The van der Waals surface area contributed by atoms with E-state index in [2.05, 4.69) is 9.97 Å². The lowest BCUT2D eigenvalue weighted by atomic mass is 10.2. The van der Waals surface area contributed by atoms with E-state index in [1.165, 1.54) is 35.9 Å². The van der Waals surface area contributed by atoms with Gasteiger partial charge in [0.05, 0.1) is 23.5 Å². The van der Waals surface area contributed by atoms with Gasteiger partial charge in [-0.15, -0.1) is 0 Å². The summed E-state index contributed by atoms with van der Waals surface area (Å²) in [6.45, 7) is 1.94. The molecule has 0 aliphatic carbocycles. The van der Waals surface area contributed by atoms with E-state index in [9.17, 15) is 18.5 Å². The van der Waals surface area contributed by atoms with Crippen LogP contribution in [-0.4, -0.2) is 53.9 Å². The van der Waals surface area contributed by atoms with E-state index in [-0.39, 0.29) is 35.4 Å². The number of nitro groups is 1. The summed E-state index contributed by atoms with van der Waals surface area (Å²) in [5, 5.41) is 11.0. The first kappa shape index (κ1) is 19.0. The SMILES string of the molecule is COc1nccnc1OC1CCN(S(=O)(=O)c2cc([N+](=O)[O-])ccc2C)C1. The van der Waals surface area contributed by atoms with Gasteiger partial charge in [0.1, 0.15) is 6.10 Å². The van der Waals surface area contributed by atoms with Gasteiger partial charge in [-0.25, -0.2) is 18.4 Å². The highest BCUT2D eigenvalue weighted by atomic mass is 32.2. The Bertz CT molecular complexity index is 965. The molecule has 11 heteroatoms. The number of nitrogens with zero attached hydrogens (tertiary/aromatic N) is 4. The molecule has 1 saturated heterocycles. The van der Waals surface area contributed by atoms with E-state index < -0.39 is 21.1 Å². The zero-order valence-corrected chi connectivity index (χ0v) is 15.5. The van der Waals surface area contributed by atoms with Gasteiger partial charge in [0.25, 0.3) is 17.4 Å². The summed E-state index contributed by atoms with van der Waals surface area (Å²) in [5.41, 5.74) is 0.177. The minimum absolute atomic E-state index is 0.0746. The molecule has 0 saturated carbocycles. The second-order valence-corrected chi connectivity index (χ2v) is 7.88. The number of rotatable bonds is 6. The fourth-order valence-electron chi connectivity index (χ4n) is 2.82. The summed E-state index contributed by atoms with van der Waals surface area (Å²) in [7, 11) is -2.45. The van der Waals surface area contributed by atoms with Crippen LogP contribution in [0.3, 0.4) is 0 Å². The molecule has 0 amide bonds.